The molecule has 2 aromatic rings. The number of aryl methyl sites for hydroxylation is 1. The molecule has 0 aliphatic carbocycles. The van der Waals surface area contributed by atoms with Crippen LogP contribution in [0, 0.1) is 17.8 Å². The third-order valence-electron chi connectivity index (χ3n) is 12.8. The molecule has 338 valence electrons. The van der Waals surface area contributed by atoms with Crippen LogP contribution in [-0.4, -0.2) is 133 Å². The van der Waals surface area contributed by atoms with E-state index in [0.717, 1.165) is 5.56 Å². The number of rotatable bonds is 10. The average Bonchev–Trinajstić information content (AvgIpc) is 3.53. The molecule has 3 aliphatic rings. The number of benzene rings is 2. The monoisotopic (exact) mass is 852 g/mol. The molecule has 3 saturated heterocycles. The van der Waals surface area contributed by atoms with E-state index in [0.29, 0.717) is 31.4 Å². The van der Waals surface area contributed by atoms with E-state index in [-0.39, 0.29) is 36.9 Å². The molecule has 3 fully saturated rings. The van der Waals surface area contributed by atoms with Crippen molar-refractivity contribution in [3.05, 3.63) is 71.8 Å². The maximum atomic E-state index is 14.5. The fourth-order valence-electron chi connectivity index (χ4n) is 9.52. The van der Waals surface area contributed by atoms with Gasteiger partial charge in [0.05, 0.1) is 35.3 Å². The van der Waals surface area contributed by atoms with Gasteiger partial charge in [0.2, 0.25) is 0 Å². The Morgan fingerprint density at radius 2 is 1.56 bits per heavy atom. The Balaban J connectivity index is 1.58. The molecule has 3 aliphatic heterocycles. The van der Waals surface area contributed by atoms with Crippen molar-refractivity contribution in [1.29, 1.82) is 0 Å². The van der Waals surface area contributed by atoms with Crippen LogP contribution in [0.1, 0.15) is 97.0 Å². The van der Waals surface area contributed by atoms with Crippen LogP contribution in [0.3, 0.4) is 0 Å². The first-order chi connectivity index (χ1) is 28.7. The highest BCUT2D eigenvalue weighted by atomic mass is 16.8. The third kappa shape index (κ3) is 11.5. The summed E-state index contributed by atoms with van der Waals surface area (Å²) in [5.41, 5.74) is -1.68. The minimum atomic E-state index is -1.64. The number of aliphatic hydroxyl groups is 1. The van der Waals surface area contributed by atoms with Crippen LogP contribution >= 0.6 is 0 Å². The second-order valence-corrected chi connectivity index (χ2v) is 18.2. The number of hydrogen-bond donors (Lipinski definition) is 1. The van der Waals surface area contributed by atoms with Gasteiger partial charge in [0.25, 0.3) is 0 Å². The van der Waals surface area contributed by atoms with Crippen molar-refractivity contribution in [2.24, 2.45) is 17.8 Å². The highest BCUT2D eigenvalue weighted by Crippen LogP contribution is 2.41. The Labute approximate surface area is 361 Å². The normalized spacial score (nSPS) is 36.7. The van der Waals surface area contributed by atoms with Gasteiger partial charge in [0.1, 0.15) is 12.2 Å². The summed E-state index contributed by atoms with van der Waals surface area (Å²) in [7, 11) is 5.70. The number of esters is 3. The lowest BCUT2D eigenvalue weighted by molar-refractivity contribution is -0.298. The minimum Gasteiger partial charge on any atom is -0.461 e. The molecule has 0 unspecified atom stereocenters. The number of carbonyl (C=O) groups is 4. The smallest absolute Gasteiger partial charge is 0.461 e. The predicted molar refractivity (Wildman–Crippen MR) is 226 cm³/mol. The maximum Gasteiger partial charge on any atom is 0.509 e. The Hall–Kier alpha value is -4.08. The summed E-state index contributed by atoms with van der Waals surface area (Å²) in [6, 6.07) is 17.5. The van der Waals surface area contributed by atoms with Crippen LogP contribution in [-0.2, 0) is 49.2 Å². The summed E-state index contributed by atoms with van der Waals surface area (Å²) in [6.45, 7) is 14.9. The molecule has 0 spiro atoms. The van der Waals surface area contributed by atoms with Crippen molar-refractivity contribution in [2.45, 2.75) is 154 Å². The molecular formula is C47H68N2O12. The Morgan fingerprint density at radius 3 is 2.18 bits per heavy atom. The van der Waals surface area contributed by atoms with Gasteiger partial charge in [-0.15, -0.1) is 0 Å². The molecule has 0 saturated carbocycles. The largest absolute Gasteiger partial charge is 0.509 e. The van der Waals surface area contributed by atoms with Gasteiger partial charge >= 0.3 is 24.1 Å². The van der Waals surface area contributed by atoms with Gasteiger partial charge in [-0.2, -0.15) is 0 Å². The van der Waals surface area contributed by atoms with Gasteiger partial charge in [-0.1, -0.05) is 69.3 Å². The molecule has 14 heteroatoms. The first-order valence-electron chi connectivity index (χ1n) is 21.7. The second kappa shape index (κ2) is 20.4. The van der Waals surface area contributed by atoms with Gasteiger partial charge in [-0.3, -0.25) is 14.5 Å². The van der Waals surface area contributed by atoms with Crippen molar-refractivity contribution in [1.82, 2.24) is 9.80 Å². The lowest BCUT2D eigenvalue weighted by atomic mass is 9.77. The fraction of sp³-hybridized carbons (Fsp3) is 0.660. The lowest BCUT2D eigenvalue weighted by Crippen LogP contribution is -2.60. The number of nitrogens with zero attached hydrogens (tertiary/aromatic N) is 2. The summed E-state index contributed by atoms with van der Waals surface area (Å²) < 4.78 is 43.9. The standard InChI is InChI=1S/C47H68N2O12/c1-12-36-47(8)41(60-45(53)61-47)32(6)49(11)27-28(2)26-46(7,54)40(30(4)38(31(5)42(51)56-36)57-37(50)24-23-33-19-15-13-16-20-33)59-44-39(35(48(9)10)25-29(3)55-44)58-43(52)34-21-17-14-18-22-34/h13-22,28-32,35-36,38-41,44,54H,12,23-27H2,1-11H3/t28-,29-,30+,31-,32-,35+,36-,38+,39-,40-,41-,44+,46-,47-/m1/s1. The molecule has 0 bridgehead atoms. The molecular weight excluding hydrogens is 785 g/mol. The van der Waals surface area contributed by atoms with Crippen molar-refractivity contribution >= 4 is 24.1 Å². The average molecular weight is 853 g/mol. The van der Waals surface area contributed by atoms with Crippen molar-refractivity contribution in [3.63, 3.8) is 0 Å². The van der Waals surface area contributed by atoms with Crippen molar-refractivity contribution < 1.29 is 57.4 Å². The molecule has 14 atom stereocenters. The number of hydrogen-bond acceptors (Lipinski definition) is 14. The molecule has 0 radical (unpaired) electrons. The SMILES string of the molecule is CC[C@H]1OC(=O)[C@H](C)[C@@H](OC(=O)CCc2ccccc2)[C@H](C)[C@@H](O[C@@H]2O[C@H](C)C[C@H](N(C)C)[C@H]2OC(=O)c2ccccc2)[C@](C)(O)C[C@@H](C)CN(C)[C@H](C)[C@H]2OC(=O)O[C@@]21C. The van der Waals surface area contributed by atoms with Crippen LogP contribution < -0.4 is 0 Å². The lowest BCUT2D eigenvalue weighted by Gasteiger charge is -2.47. The van der Waals surface area contributed by atoms with Gasteiger partial charge < -0.3 is 43.2 Å². The summed E-state index contributed by atoms with van der Waals surface area (Å²) in [4.78, 5) is 58.8. The Morgan fingerprint density at radius 1 is 0.918 bits per heavy atom. The van der Waals surface area contributed by atoms with E-state index in [1.807, 2.05) is 95.0 Å². The molecule has 1 N–H and O–H groups in total. The zero-order valence-corrected chi connectivity index (χ0v) is 37.8. The van der Waals surface area contributed by atoms with Gasteiger partial charge in [-0.05, 0) is 105 Å². The first-order valence-corrected chi connectivity index (χ1v) is 21.7. The highest BCUT2D eigenvalue weighted by molar-refractivity contribution is 5.89. The topological polar surface area (TPSA) is 160 Å². The number of ether oxygens (including phenoxy) is 7. The highest BCUT2D eigenvalue weighted by Gasteiger charge is 2.58. The second-order valence-electron chi connectivity index (χ2n) is 18.2. The van der Waals surface area contributed by atoms with E-state index in [2.05, 4.69) is 0 Å². The van der Waals surface area contributed by atoms with E-state index in [9.17, 15) is 24.3 Å². The van der Waals surface area contributed by atoms with E-state index in [1.165, 1.54) is 0 Å². The molecule has 61 heavy (non-hydrogen) atoms. The molecule has 0 amide bonds. The minimum absolute atomic E-state index is 0.0219. The number of cyclic esters (lactones) is 1. The zero-order chi connectivity index (χ0) is 44.8. The quantitative estimate of drug-likeness (QED) is 0.213. The fourth-order valence-corrected chi connectivity index (χ4v) is 9.52. The number of likely N-dealkylation sites (N-methyl/N-ethyl adjacent to an activating group) is 2. The van der Waals surface area contributed by atoms with Crippen LogP contribution in [0.2, 0.25) is 0 Å². The van der Waals surface area contributed by atoms with E-state index in [1.54, 1.807) is 52.0 Å². The third-order valence-corrected chi connectivity index (χ3v) is 12.8. The first kappa shape index (κ1) is 48.0. The van der Waals surface area contributed by atoms with Crippen LogP contribution in [0.25, 0.3) is 0 Å². The molecule has 3 heterocycles. The molecule has 5 rings (SSSR count). The summed E-state index contributed by atoms with van der Waals surface area (Å²) in [5, 5.41) is 12.8. The van der Waals surface area contributed by atoms with E-state index < -0.39 is 83.9 Å². The van der Waals surface area contributed by atoms with Crippen molar-refractivity contribution in [3.8, 4) is 0 Å². The molecule has 14 nitrogen and oxygen atoms in total. The summed E-state index contributed by atoms with van der Waals surface area (Å²) in [5.74, 6) is -3.95. The van der Waals surface area contributed by atoms with Crippen LogP contribution in [0.5, 0.6) is 0 Å². The number of carbonyl (C=O) groups excluding carboxylic acids is 4. The zero-order valence-electron chi connectivity index (χ0n) is 37.8. The summed E-state index contributed by atoms with van der Waals surface area (Å²) in [6.07, 6.45) is -5.92. The Bertz CT molecular complexity index is 1780. The maximum absolute atomic E-state index is 14.5. The van der Waals surface area contributed by atoms with Gasteiger partial charge in [-0.25, -0.2) is 9.59 Å². The van der Waals surface area contributed by atoms with Crippen LogP contribution in [0.4, 0.5) is 4.79 Å². The van der Waals surface area contributed by atoms with Crippen molar-refractivity contribution in [2.75, 3.05) is 27.7 Å². The van der Waals surface area contributed by atoms with E-state index >= 15 is 0 Å². The molecule has 0 aromatic heterocycles. The summed E-state index contributed by atoms with van der Waals surface area (Å²) >= 11 is 0. The van der Waals surface area contributed by atoms with Gasteiger partial charge in [0.15, 0.2) is 24.1 Å². The van der Waals surface area contributed by atoms with E-state index in [4.69, 9.17) is 33.2 Å². The van der Waals surface area contributed by atoms with Crippen LogP contribution in [0.15, 0.2) is 60.7 Å². The molecule has 2 aromatic carbocycles. The number of fused-ring (bicyclic) bond motifs is 1. The predicted octanol–water partition coefficient (Wildman–Crippen LogP) is 6.21. The van der Waals surface area contributed by atoms with Gasteiger partial charge in [0, 0.05) is 24.9 Å². The Kier molecular flexibility index (Phi) is 16.0.